The van der Waals surface area contributed by atoms with E-state index in [0.717, 1.165) is 54.4 Å². The first-order valence-electron chi connectivity index (χ1n) is 21.4. The standard InChI is InChI=1S/C57H26N12/c1-61-36-15-21-42-39-18-12-33(30-58)24-49(39)67(52(42)27-36)47-10-6-4-8-45(47)55-64-56(66-57(65-55)69-51-26-35(32-60)14-20-41(51)44-23-17-38(63-3)29-54(44)69)46-9-5-7-11-48(46)68-50-25-34(31-59)13-19-40(50)43-22-16-37(62-2)28-53(43)68/h4-29H. The Morgan fingerprint density at radius 2 is 0.681 bits per heavy atom. The van der Waals surface area contributed by atoms with E-state index in [-0.39, 0.29) is 17.6 Å². The summed E-state index contributed by atoms with van der Waals surface area (Å²) in [6.45, 7) is 23.8. The third kappa shape index (κ3) is 6.07. The number of nitriles is 3. The molecule has 0 spiro atoms. The van der Waals surface area contributed by atoms with Gasteiger partial charge in [-0.1, -0.05) is 78.9 Å². The number of para-hydroxylation sites is 2. The summed E-state index contributed by atoms with van der Waals surface area (Å²) in [6.07, 6.45) is 0. The highest BCUT2D eigenvalue weighted by Gasteiger charge is 2.24. The minimum Gasteiger partial charge on any atom is -0.310 e. The molecule has 0 aliphatic heterocycles. The van der Waals surface area contributed by atoms with Gasteiger partial charge in [0.1, 0.15) is 0 Å². The first kappa shape index (κ1) is 39.7. The highest BCUT2D eigenvalue weighted by atomic mass is 15.2. The van der Waals surface area contributed by atoms with Crippen LogP contribution in [0.4, 0.5) is 17.1 Å². The van der Waals surface area contributed by atoms with Gasteiger partial charge in [-0.05, 0) is 78.9 Å². The lowest BCUT2D eigenvalue weighted by molar-refractivity contribution is 0.950. The Bertz CT molecular complexity index is 4100. The van der Waals surface area contributed by atoms with E-state index in [1.54, 1.807) is 48.5 Å². The van der Waals surface area contributed by atoms with Gasteiger partial charge in [0, 0.05) is 60.0 Å². The summed E-state index contributed by atoms with van der Waals surface area (Å²) < 4.78 is 5.94. The third-order valence-corrected chi connectivity index (χ3v) is 12.6. The molecule has 0 fully saturated rings. The van der Waals surface area contributed by atoms with Gasteiger partial charge in [-0.2, -0.15) is 25.8 Å². The van der Waals surface area contributed by atoms with Gasteiger partial charge in [0.15, 0.2) is 28.7 Å². The van der Waals surface area contributed by atoms with Gasteiger partial charge in [0.2, 0.25) is 5.95 Å². The van der Waals surface area contributed by atoms with Gasteiger partial charge in [-0.15, -0.1) is 0 Å². The van der Waals surface area contributed by atoms with Crippen molar-refractivity contribution in [2.24, 2.45) is 0 Å². The molecule has 0 aliphatic carbocycles. The average Bonchev–Trinajstić information content (AvgIpc) is 4.03. The van der Waals surface area contributed by atoms with E-state index in [9.17, 15) is 15.8 Å². The normalized spacial score (nSPS) is 11.1. The number of rotatable bonds is 5. The molecule has 0 atom stereocenters. The summed E-state index contributed by atoms with van der Waals surface area (Å²) in [4.78, 5) is 27.3. The highest BCUT2D eigenvalue weighted by molar-refractivity contribution is 6.13. The van der Waals surface area contributed by atoms with Gasteiger partial charge in [0.05, 0.1) is 82.5 Å². The molecule has 0 saturated carbocycles. The second-order valence-corrected chi connectivity index (χ2v) is 16.3. The summed E-state index contributed by atoms with van der Waals surface area (Å²) in [7, 11) is 0. The fraction of sp³-hybridized carbons (Fsp3) is 0. The maximum absolute atomic E-state index is 10.2. The lowest BCUT2D eigenvalue weighted by Crippen LogP contribution is -2.09. The molecule has 0 amide bonds. The number of nitrogens with zero attached hydrogens (tertiary/aromatic N) is 12. The summed E-state index contributed by atoms with van der Waals surface area (Å²) in [5, 5.41) is 35.6. The Kier molecular flexibility index (Phi) is 8.85. The molecule has 12 nitrogen and oxygen atoms in total. The van der Waals surface area contributed by atoms with E-state index in [4.69, 9.17) is 34.7 Å². The zero-order chi connectivity index (χ0) is 46.9. The summed E-state index contributed by atoms with van der Waals surface area (Å²) in [6, 6.07) is 55.3. The zero-order valence-corrected chi connectivity index (χ0v) is 35.9. The molecule has 69 heavy (non-hydrogen) atoms. The first-order chi connectivity index (χ1) is 33.9. The fourth-order valence-electron chi connectivity index (χ4n) is 9.59. The van der Waals surface area contributed by atoms with Gasteiger partial charge in [-0.3, -0.25) is 4.57 Å². The molecule has 0 saturated heterocycles. The van der Waals surface area contributed by atoms with Crippen molar-refractivity contribution in [3.63, 3.8) is 0 Å². The van der Waals surface area contributed by atoms with E-state index in [2.05, 4.69) is 32.7 Å². The van der Waals surface area contributed by atoms with Crippen LogP contribution in [0.15, 0.2) is 158 Å². The second-order valence-electron chi connectivity index (χ2n) is 16.3. The molecule has 12 heteroatoms. The summed E-state index contributed by atoms with van der Waals surface area (Å²) in [5.74, 6) is 0.779. The second kappa shape index (κ2) is 15.4. The largest absolute Gasteiger partial charge is 0.310 e. The Balaban J connectivity index is 1.21. The molecule has 0 aliphatic rings. The monoisotopic (exact) mass is 878 g/mol. The molecule has 0 unspecified atom stereocenters. The van der Waals surface area contributed by atoms with Crippen LogP contribution >= 0.6 is 0 Å². The van der Waals surface area contributed by atoms with Crippen LogP contribution in [0.25, 0.3) is 120 Å². The first-order valence-corrected chi connectivity index (χ1v) is 21.4. The molecule has 8 aromatic carbocycles. The quantitative estimate of drug-likeness (QED) is 0.158. The van der Waals surface area contributed by atoms with Crippen molar-refractivity contribution in [1.29, 1.82) is 15.8 Å². The van der Waals surface area contributed by atoms with E-state index in [1.807, 2.05) is 123 Å². The van der Waals surface area contributed by atoms with Gasteiger partial charge < -0.3 is 9.13 Å². The van der Waals surface area contributed by atoms with Crippen LogP contribution in [-0.2, 0) is 0 Å². The highest BCUT2D eigenvalue weighted by Crippen LogP contribution is 2.41. The molecule has 314 valence electrons. The molecular formula is C57H26N12. The molecule has 0 N–H and O–H groups in total. The smallest absolute Gasteiger partial charge is 0.238 e. The van der Waals surface area contributed by atoms with Crippen LogP contribution in [0.5, 0.6) is 0 Å². The van der Waals surface area contributed by atoms with Crippen LogP contribution in [0.3, 0.4) is 0 Å². The molecule has 12 rings (SSSR count). The van der Waals surface area contributed by atoms with Crippen molar-refractivity contribution in [3.05, 3.63) is 209 Å². The van der Waals surface area contributed by atoms with E-state index >= 15 is 0 Å². The van der Waals surface area contributed by atoms with Crippen molar-refractivity contribution < 1.29 is 0 Å². The van der Waals surface area contributed by atoms with Crippen LogP contribution in [0.2, 0.25) is 0 Å². The van der Waals surface area contributed by atoms with Crippen molar-refractivity contribution in [2.45, 2.75) is 0 Å². The molecule has 0 bridgehead atoms. The van der Waals surface area contributed by atoms with E-state index in [1.165, 1.54) is 0 Å². The van der Waals surface area contributed by atoms with Gasteiger partial charge in [0.25, 0.3) is 0 Å². The lowest BCUT2D eigenvalue weighted by atomic mass is 10.1. The number of fused-ring (bicyclic) bond motifs is 9. The molecule has 4 heterocycles. The van der Waals surface area contributed by atoms with Crippen LogP contribution in [0.1, 0.15) is 16.7 Å². The van der Waals surface area contributed by atoms with Crippen molar-refractivity contribution in [1.82, 2.24) is 28.7 Å². The van der Waals surface area contributed by atoms with Crippen molar-refractivity contribution in [3.8, 4) is 58.3 Å². The number of hydrogen-bond donors (Lipinski definition) is 0. The number of benzene rings is 8. The summed E-state index contributed by atoms with van der Waals surface area (Å²) >= 11 is 0. The molecule has 12 aromatic rings. The van der Waals surface area contributed by atoms with Crippen LogP contribution in [-0.4, -0.2) is 28.7 Å². The Morgan fingerprint density at radius 1 is 0.362 bits per heavy atom. The van der Waals surface area contributed by atoms with Crippen molar-refractivity contribution >= 4 is 82.5 Å². The third-order valence-electron chi connectivity index (χ3n) is 12.6. The Morgan fingerprint density at radius 3 is 1.04 bits per heavy atom. The minimum atomic E-state index is 0.213. The lowest BCUT2D eigenvalue weighted by Gasteiger charge is -2.17. The van der Waals surface area contributed by atoms with Crippen molar-refractivity contribution in [2.75, 3.05) is 0 Å². The average molecular weight is 879 g/mol. The summed E-state index contributed by atoms with van der Waals surface area (Å²) in [5.41, 5.74) is 9.50. The van der Waals surface area contributed by atoms with Gasteiger partial charge >= 0.3 is 0 Å². The fourth-order valence-corrected chi connectivity index (χ4v) is 9.59. The Hall–Kier alpha value is -10.9. The molecular weight excluding hydrogens is 853 g/mol. The SMILES string of the molecule is [C-]#[N+]c1ccc2c3ccc(C#N)cc3n(-c3nc(-c4ccccc4-n4c5cc(C#N)ccc5c5ccc([N+]#[C-])cc54)nc(-c4ccccc4-n4c5cc(C#N)ccc5c5ccc([N+]#[C-])cc54)n3)c2c1. The molecule has 4 aromatic heterocycles. The van der Waals surface area contributed by atoms with E-state index in [0.29, 0.717) is 67.3 Å². The maximum Gasteiger partial charge on any atom is 0.238 e. The number of hydrogen-bond acceptors (Lipinski definition) is 6. The van der Waals surface area contributed by atoms with Crippen LogP contribution < -0.4 is 0 Å². The van der Waals surface area contributed by atoms with Crippen LogP contribution in [0, 0.1) is 53.7 Å². The van der Waals surface area contributed by atoms with E-state index < -0.39 is 0 Å². The molecule has 0 radical (unpaired) electrons. The maximum atomic E-state index is 10.2. The Labute approximate surface area is 392 Å². The predicted molar refractivity (Wildman–Crippen MR) is 267 cm³/mol. The predicted octanol–water partition coefficient (Wildman–Crippen LogP) is 13.8. The minimum absolute atomic E-state index is 0.213. The zero-order valence-electron chi connectivity index (χ0n) is 35.9. The topological polar surface area (TPSA) is 138 Å². The van der Waals surface area contributed by atoms with Gasteiger partial charge in [-0.25, -0.2) is 19.5 Å². The number of aromatic nitrogens is 6.